The molecule has 8 nitrogen and oxygen atoms in total. The Morgan fingerprint density at radius 3 is 2.90 bits per heavy atom. The molecule has 0 fully saturated rings. The van der Waals surface area contributed by atoms with Crippen molar-refractivity contribution in [3.05, 3.63) is 52.5 Å². The Morgan fingerprint density at radius 2 is 2.24 bits per heavy atom. The first-order chi connectivity index (χ1) is 10.1. The second kappa shape index (κ2) is 4.61. The molecule has 102 valence electrons. The molecule has 2 aromatic heterocycles. The van der Waals surface area contributed by atoms with Crippen molar-refractivity contribution in [2.24, 2.45) is 0 Å². The SMILES string of the molecule is N#Cc1ncn(-c2c(F)cc([N+](=O)[O-])c3cccnc23)n1. The van der Waals surface area contributed by atoms with E-state index in [9.17, 15) is 14.5 Å². The van der Waals surface area contributed by atoms with Crippen LogP contribution in [0.5, 0.6) is 0 Å². The second-order valence-electron chi connectivity index (χ2n) is 4.01. The number of hydrogen-bond acceptors (Lipinski definition) is 6. The highest BCUT2D eigenvalue weighted by atomic mass is 19.1. The lowest BCUT2D eigenvalue weighted by atomic mass is 10.1. The van der Waals surface area contributed by atoms with Crippen LogP contribution in [0.2, 0.25) is 0 Å². The number of halogens is 1. The molecule has 3 rings (SSSR count). The summed E-state index contributed by atoms with van der Waals surface area (Å²) in [5.74, 6) is -1.01. The van der Waals surface area contributed by atoms with E-state index in [4.69, 9.17) is 5.26 Å². The Hall–Kier alpha value is -3.41. The van der Waals surface area contributed by atoms with Gasteiger partial charge in [-0.25, -0.2) is 14.1 Å². The predicted molar refractivity (Wildman–Crippen MR) is 68.0 cm³/mol. The molecular weight excluding hydrogens is 279 g/mol. The number of nitriles is 1. The van der Waals surface area contributed by atoms with Crippen LogP contribution in [0.4, 0.5) is 10.1 Å². The van der Waals surface area contributed by atoms with Gasteiger partial charge in [-0.05, 0) is 12.1 Å². The first-order valence-corrected chi connectivity index (χ1v) is 5.65. The molecule has 0 saturated heterocycles. The van der Waals surface area contributed by atoms with Crippen LogP contribution in [0.25, 0.3) is 16.6 Å². The van der Waals surface area contributed by atoms with Gasteiger partial charge in [0.15, 0.2) is 5.82 Å². The molecule has 0 unspecified atom stereocenters. The van der Waals surface area contributed by atoms with Crippen LogP contribution in [-0.2, 0) is 0 Å². The maximum absolute atomic E-state index is 14.2. The van der Waals surface area contributed by atoms with Crippen LogP contribution in [-0.4, -0.2) is 24.7 Å². The summed E-state index contributed by atoms with van der Waals surface area (Å²) in [6.07, 6.45) is 2.54. The van der Waals surface area contributed by atoms with Gasteiger partial charge >= 0.3 is 0 Å². The summed E-state index contributed by atoms with van der Waals surface area (Å²) in [4.78, 5) is 18.0. The highest BCUT2D eigenvalue weighted by Crippen LogP contribution is 2.31. The van der Waals surface area contributed by atoms with Crippen LogP contribution in [0, 0.1) is 27.3 Å². The van der Waals surface area contributed by atoms with Crippen LogP contribution in [0.1, 0.15) is 5.82 Å². The summed E-state index contributed by atoms with van der Waals surface area (Å²) in [5.41, 5.74) is -0.413. The monoisotopic (exact) mass is 284 g/mol. The molecule has 0 aliphatic rings. The number of hydrogen-bond donors (Lipinski definition) is 0. The standard InChI is InChI=1S/C12H5FN6O2/c13-8-4-9(19(20)21)7-2-1-3-15-11(7)12(8)18-6-16-10(5-14)17-18/h1-4,6H. The van der Waals surface area contributed by atoms with Gasteiger partial charge in [-0.15, -0.1) is 5.10 Å². The predicted octanol–water partition coefficient (Wildman–Crippen LogP) is 1.73. The van der Waals surface area contributed by atoms with Gasteiger partial charge in [0.05, 0.1) is 16.4 Å². The van der Waals surface area contributed by atoms with Gasteiger partial charge in [0.25, 0.3) is 11.5 Å². The molecule has 21 heavy (non-hydrogen) atoms. The zero-order valence-corrected chi connectivity index (χ0v) is 10.3. The van der Waals surface area contributed by atoms with E-state index in [-0.39, 0.29) is 28.1 Å². The molecule has 0 N–H and O–H groups in total. The van der Waals surface area contributed by atoms with Crippen molar-refractivity contribution in [2.75, 3.05) is 0 Å². The van der Waals surface area contributed by atoms with Crippen molar-refractivity contribution >= 4 is 16.6 Å². The third kappa shape index (κ3) is 1.95. The average molecular weight is 284 g/mol. The smallest absolute Gasteiger partial charge is 0.258 e. The molecule has 2 heterocycles. The Kier molecular flexibility index (Phi) is 2.77. The molecule has 0 saturated carbocycles. The lowest BCUT2D eigenvalue weighted by Crippen LogP contribution is -2.03. The molecule has 0 radical (unpaired) electrons. The summed E-state index contributed by atoms with van der Waals surface area (Å²) in [7, 11) is 0. The number of non-ortho nitro benzene ring substituents is 1. The quantitative estimate of drug-likeness (QED) is 0.523. The van der Waals surface area contributed by atoms with E-state index < -0.39 is 10.7 Å². The average Bonchev–Trinajstić information content (AvgIpc) is 2.94. The summed E-state index contributed by atoms with van der Waals surface area (Å²) in [6.45, 7) is 0. The van der Waals surface area contributed by atoms with Crippen molar-refractivity contribution < 1.29 is 9.31 Å². The molecule has 1 aromatic carbocycles. The van der Waals surface area contributed by atoms with E-state index in [1.54, 1.807) is 6.07 Å². The van der Waals surface area contributed by atoms with Gasteiger partial charge in [-0.1, -0.05) is 0 Å². The number of nitro benzene ring substituents is 1. The molecule has 0 aliphatic carbocycles. The fraction of sp³-hybridized carbons (Fsp3) is 0. The van der Waals surface area contributed by atoms with Crippen LogP contribution in [0.15, 0.2) is 30.7 Å². The van der Waals surface area contributed by atoms with Gasteiger partial charge in [-0.3, -0.25) is 15.1 Å². The van der Waals surface area contributed by atoms with Gasteiger partial charge in [0, 0.05) is 6.20 Å². The lowest BCUT2D eigenvalue weighted by Gasteiger charge is -2.07. The number of aromatic nitrogens is 4. The molecule has 9 heteroatoms. The van der Waals surface area contributed by atoms with Crippen molar-refractivity contribution in [1.82, 2.24) is 19.7 Å². The summed E-state index contributed by atoms with van der Waals surface area (Å²) < 4.78 is 15.3. The molecule has 0 amide bonds. The largest absolute Gasteiger partial charge is 0.281 e. The van der Waals surface area contributed by atoms with Crippen LogP contribution in [0.3, 0.4) is 0 Å². The fourth-order valence-electron chi connectivity index (χ4n) is 1.97. The van der Waals surface area contributed by atoms with E-state index in [1.165, 1.54) is 18.3 Å². The fourth-order valence-corrected chi connectivity index (χ4v) is 1.97. The van der Waals surface area contributed by atoms with Gasteiger partial charge in [0.1, 0.15) is 23.6 Å². The van der Waals surface area contributed by atoms with Gasteiger partial charge in [-0.2, -0.15) is 5.26 Å². The summed E-state index contributed by atoms with van der Waals surface area (Å²) >= 11 is 0. The molecule has 0 spiro atoms. The van der Waals surface area contributed by atoms with Crippen LogP contribution >= 0.6 is 0 Å². The number of nitro groups is 1. The summed E-state index contributed by atoms with van der Waals surface area (Å²) in [5, 5.41) is 23.7. The summed E-state index contributed by atoms with van der Waals surface area (Å²) in [6, 6.07) is 5.50. The van der Waals surface area contributed by atoms with Crippen molar-refractivity contribution in [2.45, 2.75) is 0 Å². The normalized spacial score (nSPS) is 10.5. The molecule has 0 atom stereocenters. The minimum absolute atomic E-state index is 0.0681. The minimum Gasteiger partial charge on any atom is -0.258 e. The Bertz CT molecular complexity index is 914. The maximum atomic E-state index is 14.2. The highest BCUT2D eigenvalue weighted by molar-refractivity contribution is 5.93. The van der Waals surface area contributed by atoms with Crippen molar-refractivity contribution in [3.8, 4) is 11.8 Å². The topological polar surface area (TPSA) is 111 Å². The van der Waals surface area contributed by atoms with Crippen molar-refractivity contribution in [3.63, 3.8) is 0 Å². The van der Waals surface area contributed by atoms with E-state index in [1.807, 2.05) is 0 Å². The van der Waals surface area contributed by atoms with Crippen molar-refractivity contribution in [1.29, 1.82) is 5.26 Å². The lowest BCUT2D eigenvalue weighted by molar-refractivity contribution is -0.383. The molecule has 3 aromatic rings. The zero-order chi connectivity index (χ0) is 15.0. The van der Waals surface area contributed by atoms with Gasteiger partial charge in [0.2, 0.25) is 0 Å². The maximum Gasteiger partial charge on any atom is 0.281 e. The number of nitrogens with zero attached hydrogens (tertiary/aromatic N) is 6. The molecular formula is C12H5FN6O2. The number of benzene rings is 1. The third-order valence-corrected chi connectivity index (χ3v) is 2.82. The van der Waals surface area contributed by atoms with Crippen LogP contribution < -0.4 is 0 Å². The Morgan fingerprint density at radius 1 is 1.43 bits per heavy atom. The number of fused-ring (bicyclic) bond motifs is 1. The second-order valence-corrected chi connectivity index (χ2v) is 4.01. The van der Waals surface area contributed by atoms with E-state index in [2.05, 4.69) is 15.1 Å². The molecule has 0 aliphatic heterocycles. The highest BCUT2D eigenvalue weighted by Gasteiger charge is 2.21. The first kappa shape index (κ1) is 12.6. The van der Waals surface area contributed by atoms with E-state index in [0.717, 1.165) is 17.1 Å². The third-order valence-electron chi connectivity index (χ3n) is 2.82. The van der Waals surface area contributed by atoms with E-state index >= 15 is 0 Å². The van der Waals surface area contributed by atoms with E-state index in [0.29, 0.717) is 0 Å². The van der Waals surface area contributed by atoms with Gasteiger partial charge < -0.3 is 0 Å². The minimum atomic E-state index is -0.873. The number of pyridine rings is 1. The zero-order valence-electron chi connectivity index (χ0n) is 10.3. The molecule has 0 bridgehead atoms. The first-order valence-electron chi connectivity index (χ1n) is 5.65. The number of rotatable bonds is 2. The Labute approximate surface area is 116 Å². The Balaban J connectivity index is 2.39.